The van der Waals surface area contributed by atoms with Crippen molar-refractivity contribution in [1.82, 2.24) is 24.7 Å². The third kappa shape index (κ3) is 2.77. The van der Waals surface area contributed by atoms with Crippen LogP contribution >= 0.6 is 0 Å². The van der Waals surface area contributed by atoms with Crippen molar-refractivity contribution in [2.45, 2.75) is 33.6 Å². The molecule has 3 aromatic heterocycles. The van der Waals surface area contributed by atoms with Gasteiger partial charge < -0.3 is 4.42 Å². The minimum Gasteiger partial charge on any atom is -0.448 e. The number of aryl methyl sites for hydroxylation is 1. The lowest BCUT2D eigenvalue weighted by molar-refractivity contribution is 0.510. The maximum atomic E-state index is 5.44. The fourth-order valence-electron chi connectivity index (χ4n) is 2.30. The van der Waals surface area contributed by atoms with Crippen molar-refractivity contribution in [3.8, 4) is 17.3 Å². The quantitative estimate of drug-likeness (QED) is 0.724. The summed E-state index contributed by atoms with van der Waals surface area (Å²) in [6.07, 6.45) is 4.76. The van der Waals surface area contributed by atoms with Gasteiger partial charge in [0, 0.05) is 19.0 Å². The molecule has 0 bridgehead atoms. The number of hydrogen-bond acceptors (Lipinski definition) is 5. The molecule has 0 aliphatic heterocycles. The van der Waals surface area contributed by atoms with E-state index in [1.165, 1.54) is 6.39 Å². The van der Waals surface area contributed by atoms with Gasteiger partial charge in [-0.05, 0) is 18.1 Å². The molecule has 0 aliphatic rings. The molecule has 0 saturated carbocycles. The molecule has 22 heavy (non-hydrogen) atoms. The van der Waals surface area contributed by atoms with E-state index in [1.54, 1.807) is 10.9 Å². The molecule has 3 heterocycles. The molecule has 114 valence electrons. The number of rotatable bonds is 5. The van der Waals surface area contributed by atoms with Crippen LogP contribution in [0, 0.1) is 5.92 Å². The molecule has 0 fully saturated rings. The summed E-state index contributed by atoms with van der Waals surface area (Å²) in [5, 5.41) is 4.61. The molecule has 0 saturated heterocycles. The molecule has 0 aliphatic carbocycles. The van der Waals surface area contributed by atoms with Crippen LogP contribution in [0.5, 0.6) is 0 Å². The molecule has 0 radical (unpaired) electrons. The Kier molecular flexibility index (Phi) is 4.00. The van der Waals surface area contributed by atoms with Crippen molar-refractivity contribution in [1.29, 1.82) is 0 Å². The van der Waals surface area contributed by atoms with E-state index in [4.69, 9.17) is 4.42 Å². The Balaban J connectivity index is 2.13. The highest BCUT2D eigenvalue weighted by Gasteiger charge is 2.20. The van der Waals surface area contributed by atoms with Crippen LogP contribution in [0.4, 0.5) is 0 Å². The zero-order valence-corrected chi connectivity index (χ0v) is 13.0. The monoisotopic (exact) mass is 297 g/mol. The normalized spacial score (nSPS) is 11.3. The first kappa shape index (κ1) is 14.4. The van der Waals surface area contributed by atoms with Crippen molar-refractivity contribution in [2.75, 3.05) is 0 Å². The molecule has 6 heteroatoms. The third-order valence-electron chi connectivity index (χ3n) is 3.28. The predicted octanol–water partition coefficient (Wildman–Crippen LogP) is 3.08. The van der Waals surface area contributed by atoms with Gasteiger partial charge in [0.1, 0.15) is 11.5 Å². The minimum absolute atomic E-state index is 0.482. The Labute approximate surface area is 129 Å². The van der Waals surface area contributed by atoms with Crippen LogP contribution in [0.2, 0.25) is 0 Å². The second kappa shape index (κ2) is 6.09. The van der Waals surface area contributed by atoms with Gasteiger partial charge in [-0.3, -0.25) is 0 Å². The maximum Gasteiger partial charge on any atom is 0.187 e. The van der Waals surface area contributed by atoms with Crippen molar-refractivity contribution in [2.24, 2.45) is 5.92 Å². The van der Waals surface area contributed by atoms with Gasteiger partial charge in [0.15, 0.2) is 23.9 Å². The van der Waals surface area contributed by atoms with Gasteiger partial charge in [0.2, 0.25) is 0 Å². The van der Waals surface area contributed by atoms with Gasteiger partial charge in [-0.1, -0.05) is 26.8 Å². The first-order valence-corrected chi connectivity index (χ1v) is 7.49. The Hall–Kier alpha value is -2.50. The lowest BCUT2D eigenvalue weighted by Crippen LogP contribution is -2.03. The summed E-state index contributed by atoms with van der Waals surface area (Å²) in [5.41, 5.74) is 0.732. The van der Waals surface area contributed by atoms with Gasteiger partial charge >= 0.3 is 0 Å². The second-order valence-electron chi connectivity index (χ2n) is 5.53. The van der Waals surface area contributed by atoms with Crippen LogP contribution in [0.25, 0.3) is 17.3 Å². The minimum atomic E-state index is 0.482. The molecular formula is C16H19N5O. The van der Waals surface area contributed by atoms with Gasteiger partial charge in [-0.2, -0.15) is 4.68 Å². The lowest BCUT2D eigenvalue weighted by atomic mass is 10.1. The summed E-state index contributed by atoms with van der Waals surface area (Å²) in [4.78, 5) is 13.4. The molecule has 0 atom stereocenters. The van der Waals surface area contributed by atoms with Gasteiger partial charge in [-0.15, -0.1) is 5.10 Å². The smallest absolute Gasteiger partial charge is 0.187 e. The van der Waals surface area contributed by atoms with E-state index in [0.29, 0.717) is 11.7 Å². The summed E-state index contributed by atoms with van der Waals surface area (Å²) in [6.45, 7) is 6.32. The number of hydrogen-bond donors (Lipinski definition) is 0. The van der Waals surface area contributed by atoms with Crippen LogP contribution in [0.15, 0.2) is 35.2 Å². The number of nitrogens with zero attached hydrogens (tertiary/aromatic N) is 5. The molecule has 0 spiro atoms. The third-order valence-corrected chi connectivity index (χ3v) is 3.28. The van der Waals surface area contributed by atoms with Crippen LogP contribution in [0.1, 0.15) is 32.4 Å². The van der Waals surface area contributed by atoms with E-state index in [2.05, 4.69) is 33.9 Å². The first-order valence-electron chi connectivity index (χ1n) is 7.49. The van der Waals surface area contributed by atoms with E-state index in [0.717, 1.165) is 35.9 Å². The van der Waals surface area contributed by atoms with Crippen molar-refractivity contribution in [3.05, 3.63) is 42.4 Å². The van der Waals surface area contributed by atoms with Gasteiger partial charge in [0.05, 0.1) is 0 Å². The van der Waals surface area contributed by atoms with E-state index in [9.17, 15) is 0 Å². The van der Waals surface area contributed by atoms with Crippen molar-refractivity contribution in [3.63, 3.8) is 0 Å². The molecule has 6 nitrogen and oxygen atoms in total. The summed E-state index contributed by atoms with van der Waals surface area (Å²) in [7, 11) is 0. The summed E-state index contributed by atoms with van der Waals surface area (Å²) in [6, 6.07) is 5.71. The fraction of sp³-hybridized carbons (Fsp3) is 0.375. The van der Waals surface area contributed by atoms with Gasteiger partial charge in [0.25, 0.3) is 0 Å². The number of oxazole rings is 1. The molecule has 3 rings (SSSR count). The van der Waals surface area contributed by atoms with E-state index in [1.807, 2.05) is 25.1 Å². The standard InChI is InChI=1S/C16H19N5O/c1-4-12-15(18-10-22-12)16-19-13(9-11(2)3)20-21(16)14-7-5-6-8-17-14/h5-8,10-11H,4,9H2,1-3H3. The Bertz CT molecular complexity index is 745. The highest BCUT2D eigenvalue weighted by Crippen LogP contribution is 2.23. The average molecular weight is 297 g/mol. The van der Waals surface area contributed by atoms with E-state index >= 15 is 0 Å². The Morgan fingerprint density at radius 3 is 2.77 bits per heavy atom. The molecule has 0 N–H and O–H groups in total. The fourth-order valence-corrected chi connectivity index (χ4v) is 2.30. The lowest BCUT2D eigenvalue weighted by Gasteiger charge is -2.03. The predicted molar refractivity (Wildman–Crippen MR) is 82.6 cm³/mol. The summed E-state index contributed by atoms with van der Waals surface area (Å²) in [5.74, 6) is 3.49. The topological polar surface area (TPSA) is 69.6 Å². The zero-order valence-electron chi connectivity index (χ0n) is 13.0. The van der Waals surface area contributed by atoms with Crippen molar-refractivity contribution >= 4 is 0 Å². The molecule has 0 aromatic carbocycles. The van der Waals surface area contributed by atoms with E-state index in [-0.39, 0.29) is 0 Å². The van der Waals surface area contributed by atoms with Crippen LogP contribution in [-0.2, 0) is 12.8 Å². The van der Waals surface area contributed by atoms with Crippen LogP contribution < -0.4 is 0 Å². The molecule has 0 amide bonds. The molecule has 0 unspecified atom stereocenters. The maximum absolute atomic E-state index is 5.44. The molecule has 3 aromatic rings. The number of aromatic nitrogens is 5. The van der Waals surface area contributed by atoms with Crippen molar-refractivity contribution < 1.29 is 4.42 Å². The first-order chi connectivity index (χ1) is 10.7. The average Bonchev–Trinajstić information content (AvgIpc) is 3.13. The summed E-state index contributed by atoms with van der Waals surface area (Å²) >= 11 is 0. The summed E-state index contributed by atoms with van der Waals surface area (Å²) < 4.78 is 7.18. The Morgan fingerprint density at radius 1 is 1.23 bits per heavy atom. The molecular weight excluding hydrogens is 278 g/mol. The van der Waals surface area contributed by atoms with Gasteiger partial charge in [-0.25, -0.2) is 15.0 Å². The SMILES string of the molecule is CCc1ocnc1-c1nc(CC(C)C)nn1-c1ccccn1. The second-order valence-corrected chi connectivity index (χ2v) is 5.53. The van der Waals surface area contributed by atoms with Crippen LogP contribution in [-0.4, -0.2) is 24.7 Å². The highest BCUT2D eigenvalue weighted by molar-refractivity contribution is 5.54. The van der Waals surface area contributed by atoms with Crippen LogP contribution in [0.3, 0.4) is 0 Å². The Morgan fingerprint density at radius 2 is 2.09 bits per heavy atom. The van der Waals surface area contributed by atoms with E-state index < -0.39 is 0 Å². The zero-order chi connectivity index (χ0) is 15.5. The largest absolute Gasteiger partial charge is 0.448 e. The highest BCUT2D eigenvalue weighted by atomic mass is 16.3. The number of pyridine rings is 1.